The highest BCUT2D eigenvalue weighted by Crippen LogP contribution is 2.15. The fraction of sp³-hybridized carbons (Fsp3) is 0.154. The molecule has 0 fully saturated rings. The molecule has 0 aromatic carbocycles. The van der Waals surface area contributed by atoms with E-state index in [9.17, 15) is 9.59 Å². The van der Waals surface area contributed by atoms with Crippen LogP contribution in [0.15, 0.2) is 30.6 Å². The Kier molecular flexibility index (Phi) is 3.33. The largest absolute Gasteiger partial charge is 0.478 e. The highest BCUT2D eigenvalue weighted by atomic mass is 16.4. The number of aromatic carboxylic acids is 1. The van der Waals surface area contributed by atoms with Crippen molar-refractivity contribution in [3.8, 4) is 0 Å². The van der Waals surface area contributed by atoms with Gasteiger partial charge in [-0.3, -0.25) is 9.78 Å². The van der Waals surface area contributed by atoms with Gasteiger partial charge in [0.25, 0.3) is 5.91 Å². The molecule has 6 nitrogen and oxygen atoms in total. The molecule has 2 rings (SSSR count). The normalized spacial score (nSPS) is 10.2. The van der Waals surface area contributed by atoms with Crippen LogP contribution in [-0.4, -0.2) is 26.5 Å². The molecule has 0 bridgehead atoms. The number of pyridine rings is 1. The quantitative estimate of drug-likeness (QED) is 0.878. The minimum atomic E-state index is -1.11. The molecule has 2 heterocycles. The predicted octanol–water partition coefficient (Wildman–Crippen LogP) is 1.68. The van der Waals surface area contributed by atoms with Gasteiger partial charge in [0.1, 0.15) is 5.69 Å². The Labute approximate surface area is 109 Å². The Morgan fingerprint density at radius 3 is 2.63 bits per heavy atom. The van der Waals surface area contributed by atoms with Crippen molar-refractivity contribution in [2.75, 3.05) is 5.32 Å². The van der Waals surface area contributed by atoms with Crippen LogP contribution in [0.1, 0.15) is 26.5 Å². The van der Waals surface area contributed by atoms with Crippen molar-refractivity contribution in [3.05, 3.63) is 47.5 Å². The van der Waals surface area contributed by atoms with Crippen molar-refractivity contribution in [2.24, 2.45) is 7.05 Å². The average molecular weight is 259 g/mol. The van der Waals surface area contributed by atoms with Crippen molar-refractivity contribution in [2.45, 2.75) is 6.92 Å². The molecule has 6 heteroatoms. The summed E-state index contributed by atoms with van der Waals surface area (Å²) < 4.78 is 1.73. The summed E-state index contributed by atoms with van der Waals surface area (Å²) in [5.74, 6) is -1.48. The number of carbonyl (C=O) groups excluding carboxylic acids is 1. The summed E-state index contributed by atoms with van der Waals surface area (Å²) in [6.07, 6.45) is 2.68. The van der Waals surface area contributed by atoms with Gasteiger partial charge in [-0.2, -0.15) is 0 Å². The van der Waals surface area contributed by atoms with Crippen LogP contribution >= 0.6 is 0 Å². The van der Waals surface area contributed by atoms with Gasteiger partial charge in [-0.1, -0.05) is 0 Å². The number of amides is 1. The van der Waals surface area contributed by atoms with Gasteiger partial charge in [-0.05, 0) is 25.1 Å². The first kappa shape index (κ1) is 12.8. The molecule has 2 aromatic heterocycles. The van der Waals surface area contributed by atoms with Crippen molar-refractivity contribution in [1.29, 1.82) is 0 Å². The lowest BCUT2D eigenvalue weighted by Gasteiger charge is -2.08. The minimum absolute atomic E-state index is 0.00859. The lowest BCUT2D eigenvalue weighted by molar-refractivity contribution is 0.0698. The van der Waals surface area contributed by atoms with Gasteiger partial charge in [0.15, 0.2) is 0 Å². The second-order valence-corrected chi connectivity index (χ2v) is 4.10. The van der Waals surface area contributed by atoms with Crippen LogP contribution in [0.4, 0.5) is 5.69 Å². The first-order chi connectivity index (χ1) is 9.00. The van der Waals surface area contributed by atoms with E-state index in [1.807, 2.05) is 13.0 Å². The van der Waals surface area contributed by atoms with E-state index in [4.69, 9.17) is 5.11 Å². The number of hydrogen-bond acceptors (Lipinski definition) is 3. The van der Waals surface area contributed by atoms with Crippen LogP contribution in [0.3, 0.4) is 0 Å². The van der Waals surface area contributed by atoms with Crippen LogP contribution in [0, 0.1) is 6.92 Å². The molecular formula is C13H13N3O3. The van der Waals surface area contributed by atoms with Gasteiger partial charge in [0, 0.05) is 18.9 Å². The third-order valence-corrected chi connectivity index (χ3v) is 2.91. The molecule has 2 aromatic rings. The molecule has 0 atom stereocenters. The maximum atomic E-state index is 12.1. The van der Waals surface area contributed by atoms with Gasteiger partial charge in [0.05, 0.1) is 17.4 Å². The lowest BCUT2D eigenvalue weighted by atomic mass is 10.2. The summed E-state index contributed by atoms with van der Waals surface area (Å²) in [5, 5.41) is 11.6. The van der Waals surface area contributed by atoms with Crippen LogP contribution in [0.25, 0.3) is 0 Å². The van der Waals surface area contributed by atoms with Gasteiger partial charge in [0.2, 0.25) is 0 Å². The Hall–Kier alpha value is -2.63. The first-order valence-corrected chi connectivity index (χ1v) is 5.61. The van der Waals surface area contributed by atoms with Crippen molar-refractivity contribution in [3.63, 3.8) is 0 Å². The number of carboxylic acid groups (broad SMARTS) is 1. The Morgan fingerprint density at radius 2 is 2.05 bits per heavy atom. The first-order valence-electron chi connectivity index (χ1n) is 5.61. The molecule has 0 saturated heterocycles. The highest BCUT2D eigenvalue weighted by molar-refractivity contribution is 6.06. The molecule has 0 unspecified atom stereocenters. The molecule has 0 saturated carbocycles. The van der Waals surface area contributed by atoms with Crippen LogP contribution in [-0.2, 0) is 7.05 Å². The van der Waals surface area contributed by atoms with E-state index in [2.05, 4.69) is 10.3 Å². The van der Waals surface area contributed by atoms with Gasteiger partial charge >= 0.3 is 5.97 Å². The number of carboxylic acids is 1. The van der Waals surface area contributed by atoms with E-state index in [0.29, 0.717) is 5.69 Å². The standard InChI is InChI=1S/C13H13N3O3/c1-8-3-4-11(16(8)2)12(17)15-10-7-14-6-5-9(10)13(18)19/h3-7H,1-2H3,(H,15,17)(H,18,19). The summed E-state index contributed by atoms with van der Waals surface area (Å²) in [4.78, 5) is 26.9. The van der Waals surface area contributed by atoms with E-state index in [1.165, 1.54) is 18.5 Å². The Morgan fingerprint density at radius 1 is 1.32 bits per heavy atom. The van der Waals surface area contributed by atoms with Crippen molar-refractivity contribution < 1.29 is 14.7 Å². The summed E-state index contributed by atoms with van der Waals surface area (Å²) in [5.41, 5.74) is 1.58. The maximum absolute atomic E-state index is 12.1. The third-order valence-electron chi connectivity index (χ3n) is 2.91. The monoisotopic (exact) mass is 259 g/mol. The third kappa shape index (κ3) is 2.47. The topological polar surface area (TPSA) is 84.2 Å². The molecule has 0 aliphatic rings. The van der Waals surface area contributed by atoms with E-state index < -0.39 is 5.97 Å². The van der Waals surface area contributed by atoms with Crippen LogP contribution < -0.4 is 5.32 Å². The average Bonchev–Trinajstić information content (AvgIpc) is 2.70. The van der Waals surface area contributed by atoms with Crippen molar-refractivity contribution >= 4 is 17.6 Å². The smallest absolute Gasteiger partial charge is 0.337 e. The summed E-state index contributed by atoms with van der Waals surface area (Å²) >= 11 is 0. The fourth-order valence-corrected chi connectivity index (χ4v) is 1.71. The number of aromatic nitrogens is 2. The Bertz CT molecular complexity index is 646. The van der Waals surface area contributed by atoms with Crippen LogP contribution in [0.2, 0.25) is 0 Å². The molecule has 0 aliphatic carbocycles. The van der Waals surface area contributed by atoms with Gasteiger partial charge in [-0.15, -0.1) is 0 Å². The molecule has 98 valence electrons. The van der Waals surface area contributed by atoms with E-state index in [1.54, 1.807) is 17.7 Å². The number of nitrogens with zero attached hydrogens (tertiary/aromatic N) is 2. The molecule has 0 aliphatic heterocycles. The molecular weight excluding hydrogens is 246 g/mol. The minimum Gasteiger partial charge on any atom is -0.478 e. The zero-order valence-corrected chi connectivity index (χ0v) is 10.5. The molecule has 1 amide bonds. The van der Waals surface area contributed by atoms with Crippen molar-refractivity contribution in [1.82, 2.24) is 9.55 Å². The fourth-order valence-electron chi connectivity index (χ4n) is 1.71. The number of carbonyl (C=O) groups is 2. The zero-order valence-electron chi connectivity index (χ0n) is 10.5. The summed E-state index contributed by atoms with van der Waals surface area (Å²) in [6, 6.07) is 4.84. The zero-order chi connectivity index (χ0) is 14.0. The molecule has 0 radical (unpaired) electrons. The molecule has 19 heavy (non-hydrogen) atoms. The molecule has 0 spiro atoms. The molecule has 2 N–H and O–H groups in total. The second kappa shape index (κ2) is 4.93. The summed E-state index contributed by atoms with van der Waals surface area (Å²) in [6.45, 7) is 1.88. The van der Waals surface area contributed by atoms with Gasteiger partial charge in [-0.25, -0.2) is 4.79 Å². The highest BCUT2D eigenvalue weighted by Gasteiger charge is 2.15. The maximum Gasteiger partial charge on any atom is 0.337 e. The van der Waals surface area contributed by atoms with Crippen LogP contribution in [0.5, 0.6) is 0 Å². The second-order valence-electron chi connectivity index (χ2n) is 4.10. The summed E-state index contributed by atoms with van der Waals surface area (Å²) in [7, 11) is 1.77. The number of nitrogens with one attached hydrogen (secondary N) is 1. The lowest BCUT2D eigenvalue weighted by Crippen LogP contribution is -2.18. The van der Waals surface area contributed by atoms with E-state index in [-0.39, 0.29) is 17.2 Å². The number of hydrogen-bond donors (Lipinski definition) is 2. The predicted molar refractivity (Wildman–Crippen MR) is 69.3 cm³/mol. The van der Waals surface area contributed by atoms with E-state index in [0.717, 1.165) is 5.69 Å². The number of aryl methyl sites for hydroxylation is 1. The van der Waals surface area contributed by atoms with Gasteiger partial charge < -0.3 is 15.0 Å². The number of anilines is 1. The Balaban J connectivity index is 2.29. The SMILES string of the molecule is Cc1ccc(C(=O)Nc2cnccc2C(=O)O)n1C. The number of rotatable bonds is 3. The van der Waals surface area contributed by atoms with E-state index >= 15 is 0 Å².